The van der Waals surface area contributed by atoms with E-state index in [-0.39, 0.29) is 0 Å². The van der Waals surface area contributed by atoms with Crippen LogP contribution in [-0.4, -0.2) is 28.0 Å². The maximum absolute atomic E-state index is 10.7. The summed E-state index contributed by atoms with van der Waals surface area (Å²) in [5.41, 5.74) is -5.53. The number of thiol groups is 1. The van der Waals surface area contributed by atoms with Gasteiger partial charge in [-0.25, -0.2) is 4.98 Å². The third kappa shape index (κ3) is 3.61. The summed E-state index contributed by atoms with van der Waals surface area (Å²) in [6, 6.07) is 0. The van der Waals surface area contributed by atoms with E-state index in [1.54, 1.807) is 0 Å². The average Bonchev–Trinajstić information content (AvgIpc) is 2.69. The molecule has 1 aromatic heterocycles. The Kier molecular flexibility index (Phi) is 4.10. The predicted molar refractivity (Wildman–Crippen MR) is 56.2 cm³/mol. The zero-order valence-corrected chi connectivity index (χ0v) is 10.0. The van der Waals surface area contributed by atoms with Gasteiger partial charge >= 0.3 is 15.6 Å². The number of imidazole rings is 1. The Hall–Kier alpha value is -0.740. The fourth-order valence-electron chi connectivity index (χ4n) is 1.20. The Morgan fingerprint density at radius 1 is 1.53 bits per heavy atom. The van der Waals surface area contributed by atoms with Gasteiger partial charge in [-0.2, -0.15) is 34.2 Å². The van der Waals surface area contributed by atoms with Gasteiger partial charge in [0, 0.05) is 18.9 Å². The van der Waals surface area contributed by atoms with Crippen LogP contribution in [-0.2, 0) is 16.7 Å². The molecule has 1 aromatic rings. The van der Waals surface area contributed by atoms with E-state index in [2.05, 4.69) is 22.2 Å². The van der Waals surface area contributed by atoms with Crippen molar-refractivity contribution in [3.63, 3.8) is 0 Å². The number of rotatable bonds is 0. The van der Waals surface area contributed by atoms with Crippen LogP contribution in [0.5, 0.6) is 0 Å². The lowest BCUT2D eigenvalue weighted by molar-refractivity contribution is -0.0510. The SMILES string of the molecule is O=S(=O)(O)C(F)(F)F.SC1CCn2ccnc21. The number of aryl methyl sites for hydroxylation is 1. The molecule has 0 fully saturated rings. The number of halogens is 3. The van der Waals surface area contributed by atoms with E-state index >= 15 is 0 Å². The van der Waals surface area contributed by atoms with E-state index in [1.807, 2.05) is 12.4 Å². The van der Waals surface area contributed by atoms with Crippen molar-refractivity contribution in [3.05, 3.63) is 18.2 Å². The quantitative estimate of drug-likeness (QED) is 0.433. The zero-order valence-electron chi connectivity index (χ0n) is 8.29. The smallest absolute Gasteiger partial charge is 0.334 e. The number of hydrogen-bond donors (Lipinski definition) is 2. The second-order valence-corrected chi connectivity index (χ2v) is 5.24. The van der Waals surface area contributed by atoms with Gasteiger partial charge in [0.2, 0.25) is 0 Å². The van der Waals surface area contributed by atoms with Crippen LogP contribution in [0.4, 0.5) is 13.2 Å². The molecule has 1 aliphatic rings. The Labute approximate surface area is 101 Å². The van der Waals surface area contributed by atoms with E-state index in [1.165, 1.54) is 0 Å². The summed E-state index contributed by atoms with van der Waals surface area (Å²) in [5.74, 6) is 1.12. The first-order valence-corrected chi connectivity index (χ1v) is 6.31. The molecule has 17 heavy (non-hydrogen) atoms. The maximum atomic E-state index is 10.7. The first kappa shape index (κ1) is 14.3. The molecule has 0 aliphatic carbocycles. The van der Waals surface area contributed by atoms with Crippen LogP contribution in [0.1, 0.15) is 17.5 Å². The third-order valence-electron chi connectivity index (χ3n) is 1.98. The minimum atomic E-state index is -5.84. The highest BCUT2D eigenvalue weighted by Crippen LogP contribution is 2.28. The molecular weight excluding hydrogens is 281 g/mol. The summed E-state index contributed by atoms with van der Waals surface area (Å²) in [6.45, 7) is 1.09. The maximum Gasteiger partial charge on any atom is 0.522 e. The zero-order chi connectivity index (χ0) is 13.3. The van der Waals surface area contributed by atoms with Gasteiger partial charge in [-0.05, 0) is 6.42 Å². The summed E-state index contributed by atoms with van der Waals surface area (Å²) in [6.07, 6.45) is 4.97. The molecule has 0 spiro atoms. The summed E-state index contributed by atoms with van der Waals surface area (Å²) in [7, 11) is -5.84. The van der Waals surface area contributed by atoms with Gasteiger partial charge in [0.1, 0.15) is 5.82 Å². The highest BCUT2D eigenvalue weighted by Gasteiger charge is 2.44. The molecule has 2 heterocycles. The molecule has 1 N–H and O–H groups in total. The van der Waals surface area contributed by atoms with E-state index < -0.39 is 15.6 Å². The minimum absolute atomic E-state index is 0.375. The van der Waals surface area contributed by atoms with Crippen LogP contribution in [0.25, 0.3) is 0 Å². The summed E-state index contributed by atoms with van der Waals surface area (Å²) in [4.78, 5) is 4.16. The van der Waals surface area contributed by atoms with Crippen LogP contribution in [0.15, 0.2) is 12.4 Å². The highest BCUT2D eigenvalue weighted by atomic mass is 32.2. The van der Waals surface area contributed by atoms with Crippen molar-refractivity contribution in [2.75, 3.05) is 0 Å². The van der Waals surface area contributed by atoms with Crippen molar-refractivity contribution in [1.29, 1.82) is 0 Å². The van der Waals surface area contributed by atoms with Crippen molar-refractivity contribution >= 4 is 22.7 Å². The van der Waals surface area contributed by atoms with Crippen molar-refractivity contribution in [2.24, 2.45) is 0 Å². The summed E-state index contributed by atoms with van der Waals surface area (Å²) in [5, 5.41) is 0.375. The van der Waals surface area contributed by atoms with Crippen LogP contribution < -0.4 is 0 Å². The molecule has 0 saturated carbocycles. The largest absolute Gasteiger partial charge is 0.522 e. The monoisotopic (exact) mass is 290 g/mol. The average molecular weight is 290 g/mol. The molecule has 0 aromatic carbocycles. The van der Waals surface area contributed by atoms with Gasteiger partial charge in [-0.1, -0.05) is 0 Å². The number of hydrogen-bond acceptors (Lipinski definition) is 4. The Morgan fingerprint density at radius 3 is 2.47 bits per heavy atom. The molecule has 0 amide bonds. The molecule has 0 radical (unpaired) electrons. The molecule has 98 valence electrons. The fraction of sp³-hybridized carbons (Fsp3) is 0.571. The van der Waals surface area contributed by atoms with Crippen molar-refractivity contribution in [2.45, 2.75) is 23.7 Å². The van der Waals surface area contributed by atoms with E-state index in [0.29, 0.717) is 5.25 Å². The Morgan fingerprint density at radius 2 is 2.06 bits per heavy atom. The van der Waals surface area contributed by atoms with Crippen molar-refractivity contribution in [1.82, 2.24) is 9.55 Å². The molecule has 0 saturated heterocycles. The first-order valence-electron chi connectivity index (χ1n) is 4.36. The van der Waals surface area contributed by atoms with Gasteiger partial charge in [0.15, 0.2) is 0 Å². The van der Waals surface area contributed by atoms with Gasteiger partial charge in [0.05, 0.1) is 5.25 Å². The van der Waals surface area contributed by atoms with Gasteiger partial charge in [0.25, 0.3) is 0 Å². The number of alkyl halides is 3. The van der Waals surface area contributed by atoms with Crippen molar-refractivity contribution in [3.8, 4) is 0 Å². The van der Waals surface area contributed by atoms with Gasteiger partial charge in [-0.3, -0.25) is 4.55 Å². The second-order valence-electron chi connectivity index (χ2n) is 3.20. The standard InChI is InChI=1S/C6H8N2S.CHF3O3S/c9-5-1-3-8-4-2-7-6(5)8;2-1(3,4)8(5,6)7/h2,4-5,9H,1,3H2;(H,5,6,7). The molecule has 1 unspecified atom stereocenters. The summed E-state index contributed by atoms with van der Waals surface area (Å²) < 4.78 is 59.7. The topological polar surface area (TPSA) is 72.2 Å². The van der Waals surface area contributed by atoms with Crippen LogP contribution in [0.2, 0.25) is 0 Å². The molecule has 10 heteroatoms. The molecule has 5 nitrogen and oxygen atoms in total. The number of fused-ring (bicyclic) bond motifs is 1. The highest BCUT2D eigenvalue weighted by molar-refractivity contribution is 7.86. The first-order chi connectivity index (χ1) is 7.63. The van der Waals surface area contributed by atoms with Gasteiger partial charge < -0.3 is 4.57 Å². The van der Waals surface area contributed by atoms with E-state index in [0.717, 1.165) is 18.8 Å². The lowest BCUT2D eigenvalue weighted by atomic mass is 10.3. The molecule has 1 atom stereocenters. The predicted octanol–water partition coefficient (Wildman–Crippen LogP) is 1.65. The Bertz CT molecular complexity index is 483. The Balaban J connectivity index is 0.000000172. The summed E-state index contributed by atoms with van der Waals surface area (Å²) >= 11 is 4.35. The lowest BCUT2D eigenvalue weighted by Crippen LogP contribution is -2.21. The molecular formula is C7H9F3N2O3S2. The van der Waals surface area contributed by atoms with Crippen molar-refractivity contribution < 1.29 is 26.1 Å². The fourth-order valence-corrected chi connectivity index (χ4v) is 1.53. The number of aromatic nitrogens is 2. The lowest BCUT2D eigenvalue weighted by Gasteiger charge is -1.97. The number of nitrogens with zero attached hydrogens (tertiary/aromatic N) is 2. The molecule has 2 rings (SSSR count). The van der Waals surface area contributed by atoms with E-state index in [4.69, 9.17) is 13.0 Å². The van der Waals surface area contributed by atoms with E-state index in [9.17, 15) is 13.2 Å². The van der Waals surface area contributed by atoms with Crippen LogP contribution >= 0.6 is 12.6 Å². The van der Waals surface area contributed by atoms with Crippen LogP contribution in [0.3, 0.4) is 0 Å². The normalized spacial score (nSPS) is 19.5. The third-order valence-corrected chi connectivity index (χ3v) is 3.06. The molecule has 0 bridgehead atoms. The van der Waals surface area contributed by atoms with Crippen LogP contribution in [0, 0.1) is 0 Å². The molecule has 1 aliphatic heterocycles. The second kappa shape index (κ2) is 4.86. The minimum Gasteiger partial charge on any atom is -0.334 e. The van der Waals surface area contributed by atoms with Gasteiger partial charge in [-0.15, -0.1) is 0 Å².